The second-order valence-electron chi connectivity index (χ2n) is 3.91. The van der Waals surface area contributed by atoms with Crippen molar-refractivity contribution in [2.24, 2.45) is 0 Å². The van der Waals surface area contributed by atoms with Crippen molar-refractivity contribution in [1.29, 1.82) is 0 Å². The van der Waals surface area contributed by atoms with Crippen LogP contribution in [0.3, 0.4) is 0 Å². The first-order valence-electron chi connectivity index (χ1n) is 4.81. The van der Waals surface area contributed by atoms with Crippen LogP contribution in [0.2, 0.25) is 0 Å². The summed E-state index contributed by atoms with van der Waals surface area (Å²) in [6.45, 7) is 1.75. The Kier molecular flexibility index (Phi) is 5.47. The average Bonchev–Trinajstić information content (AvgIpc) is 2.28. The molecule has 1 aromatic rings. The van der Waals surface area contributed by atoms with Gasteiger partial charge in [-0.05, 0) is 47.7 Å². The fraction of sp³-hybridized carbons (Fsp3) is 0.364. The fourth-order valence-corrected chi connectivity index (χ4v) is 2.26. The summed E-state index contributed by atoms with van der Waals surface area (Å²) in [6, 6.07) is 3.99. The molecule has 0 aliphatic rings. The van der Waals surface area contributed by atoms with Crippen LogP contribution >= 0.6 is 45.8 Å². The maximum atomic E-state index is 12.9. The Labute approximate surface area is 123 Å². The predicted octanol–water partition coefficient (Wildman–Crippen LogP) is 3.40. The summed E-state index contributed by atoms with van der Waals surface area (Å²) in [4.78, 5) is 12.0. The number of hydrogen-bond acceptors (Lipinski definition) is 1. The number of rotatable bonds is 4. The van der Waals surface area contributed by atoms with E-state index in [2.05, 4.69) is 5.32 Å². The van der Waals surface area contributed by atoms with Crippen LogP contribution in [0.25, 0.3) is 0 Å². The summed E-state index contributed by atoms with van der Waals surface area (Å²) >= 11 is 13.4. The van der Waals surface area contributed by atoms with Crippen molar-refractivity contribution < 1.29 is 9.18 Å². The normalized spacial score (nSPS) is 11.4. The van der Waals surface area contributed by atoms with Crippen LogP contribution in [0.15, 0.2) is 18.2 Å². The maximum absolute atomic E-state index is 12.9. The van der Waals surface area contributed by atoms with Gasteiger partial charge in [0.15, 0.2) is 0 Å². The molecule has 1 N–H and O–H groups in total. The molecule has 0 spiro atoms. The quantitative estimate of drug-likeness (QED) is 0.620. The van der Waals surface area contributed by atoms with Crippen molar-refractivity contribution in [2.45, 2.75) is 12.5 Å². The molecule has 0 aromatic heterocycles. The molecule has 0 aliphatic carbocycles. The van der Waals surface area contributed by atoms with Gasteiger partial charge in [0.25, 0.3) is 5.91 Å². The molecule has 0 unspecified atom stereocenters. The predicted molar refractivity (Wildman–Crippen MR) is 76.4 cm³/mol. The van der Waals surface area contributed by atoms with Crippen LogP contribution in [0, 0.1) is 9.39 Å². The minimum atomic E-state index is -0.669. The lowest BCUT2D eigenvalue weighted by atomic mass is 10.1. The Morgan fingerprint density at radius 1 is 1.47 bits per heavy atom. The lowest BCUT2D eigenvalue weighted by Crippen LogP contribution is -2.49. The van der Waals surface area contributed by atoms with Crippen LogP contribution in [0.4, 0.5) is 4.39 Å². The minimum Gasteiger partial charge on any atom is -0.344 e. The van der Waals surface area contributed by atoms with Crippen molar-refractivity contribution >= 4 is 51.7 Å². The highest BCUT2D eigenvalue weighted by molar-refractivity contribution is 14.1. The van der Waals surface area contributed by atoms with E-state index in [0.717, 1.165) is 0 Å². The van der Waals surface area contributed by atoms with Gasteiger partial charge in [-0.2, -0.15) is 0 Å². The molecule has 0 heterocycles. The van der Waals surface area contributed by atoms with E-state index in [9.17, 15) is 9.18 Å². The second-order valence-corrected chi connectivity index (χ2v) is 5.60. The van der Waals surface area contributed by atoms with Crippen molar-refractivity contribution in [2.75, 3.05) is 11.8 Å². The summed E-state index contributed by atoms with van der Waals surface area (Å²) in [7, 11) is 0. The van der Waals surface area contributed by atoms with E-state index in [0.29, 0.717) is 9.13 Å². The number of hydrogen-bond donors (Lipinski definition) is 1. The lowest BCUT2D eigenvalue weighted by molar-refractivity contribution is 0.0920. The largest absolute Gasteiger partial charge is 0.344 e. The van der Waals surface area contributed by atoms with Gasteiger partial charge < -0.3 is 5.32 Å². The molecule has 17 heavy (non-hydrogen) atoms. The van der Waals surface area contributed by atoms with Crippen LogP contribution in [0.1, 0.15) is 17.3 Å². The molecule has 1 amide bonds. The first-order valence-corrected chi connectivity index (χ1v) is 6.96. The molecule has 0 radical (unpaired) electrons. The number of amides is 1. The molecule has 2 nitrogen and oxygen atoms in total. The monoisotopic (exact) mass is 389 g/mol. The second kappa shape index (κ2) is 6.20. The molecule has 1 aromatic carbocycles. The Bertz CT molecular complexity index is 424. The molecule has 0 saturated heterocycles. The first-order chi connectivity index (χ1) is 7.91. The van der Waals surface area contributed by atoms with Gasteiger partial charge in [0.1, 0.15) is 5.82 Å². The van der Waals surface area contributed by atoms with Gasteiger partial charge in [0.05, 0.1) is 11.1 Å². The third-order valence-corrected chi connectivity index (χ3v) is 4.25. The summed E-state index contributed by atoms with van der Waals surface area (Å²) in [5.74, 6) is -0.262. The number of benzene rings is 1. The van der Waals surface area contributed by atoms with Gasteiger partial charge in [0, 0.05) is 15.3 Å². The van der Waals surface area contributed by atoms with E-state index in [1.807, 2.05) is 22.6 Å². The number of carbonyl (C=O) groups is 1. The highest BCUT2D eigenvalue weighted by Crippen LogP contribution is 2.16. The third kappa shape index (κ3) is 3.96. The minimum absolute atomic E-state index is 0.208. The van der Waals surface area contributed by atoms with E-state index < -0.39 is 5.54 Å². The maximum Gasteiger partial charge on any atom is 0.252 e. The number of alkyl halides is 2. The summed E-state index contributed by atoms with van der Waals surface area (Å²) in [5.41, 5.74) is -0.258. The van der Waals surface area contributed by atoms with Gasteiger partial charge >= 0.3 is 0 Å². The van der Waals surface area contributed by atoms with Gasteiger partial charge in [-0.15, -0.1) is 23.2 Å². The molecule has 0 fully saturated rings. The third-order valence-electron chi connectivity index (χ3n) is 2.18. The molecule has 0 aliphatic heterocycles. The van der Waals surface area contributed by atoms with Crippen molar-refractivity contribution in [3.63, 3.8) is 0 Å². The molecule has 6 heteroatoms. The number of carbonyl (C=O) groups excluding carboxylic acids is 1. The highest BCUT2D eigenvalue weighted by atomic mass is 127. The van der Waals surface area contributed by atoms with Gasteiger partial charge in [-0.25, -0.2) is 4.39 Å². The molecule has 94 valence electrons. The molecule has 0 saturated carbocycles. The lowest BCUT2D eigenvalue weighted by Gasteiger charge is -2.26. The zero-order chi connectivity index (χ0) is 13.1. The molecular weight excluding hydrogens is 379 g/mol. The Morgan fingerprint density at radius 2 is 2.06 bits per heavy atom. The summed E-state index contributed by atoms with van der Waals surface area (Å²) in [6.07, 6.45) is 0. The van der Waals surface area contributed by atoms with Crippen molar-refractivity contribution in [1.82, 2.24) is 5.32 Å². The van der Waals surface area contributed by atoms with Gasteiger partial charge in [-0.1, -0.05) is 0 Å². The standard InChI is InChI=1S/C11H11Cl2FINO/c1-11(5-12,6-13)16-10(17)8-3-2-7(14)4-9(8)15/h2-4H,5-6H2,1H3,(H,16,17). The molecular formula is C11H11Cl2FINO. The first kappa shape index (κ1) is 15.0. The van der Waals surface area contributed by atoms with E-state index in [1.54, 1.807) is 6.92 Å². The van der Waals surface area contributed by atoms with E-state index in [-0.39, 0.29) is 23.5 Å². The highest BCUT2D eigenvalue weighted by Gasteiger charge is 2.25. The van der Waals surface area contributed by atoms with E-state index in [1.165, 1.54) is 18.2 Å². The Hall–Kier alpha value is -0.0700. The average molecular weight is 390 g/mol. The van der Waals surface area contributed by atoms with Gasteiger partial charge in [0.2, 0.25) is 0 Å². The van der Waals surface area contributed by atoms with Crippen LogP contribution in [-0.2, 0) is 0 Å². The zero-order valence-electron chi connectivity index (χ0n) is 9.07. The van der Waals surface area contributed by atoms with Crippen LogP contribution in [-0.4, -0.2) is 23.2 Å². The molecule has 1 rings (SSSR count). The Morgan fingerprint density at radius 3 is 2.53 bits per heavy atom. The van der Waals surface area contributed by atoms with Crippen LogP contribution < -0.4 is 5.32 Å². The number of halogens is 4. The van der Waals surface area contributed by atoms with E-state index in [4.69, 9.17) is 23.2 Å². The smallest absolute Gasteiger partial charge is 0.252 e. The molecule has 0 atom stereocenters. The zero-order valence-corrected chi connectivity index (χ0v) is 12.7. The topological polar surface area (TPSA) is 29.1 Å². The van der Waals surface area contributed by atoms with E-state index >= 15 is 0 Å². The van der Waals surface area contributed by atoms with Crippen molar-refractivity contribution in [3.8, 4) is 0 Å². The summed E-state index contributed by atoms with van der Waals surface area (Å²) in [5, 5.41) is 2.74. The number of nitrogens with one attached hydrogen (secondary N) is 1. The summed E-state index contributed by atoms with van der Waals surface area (Å²) < 4.78 is 13.5. The molecule has 0 bridgehead atoms. The van der Waals surface area contributed by atoms with Gasteiger partial charge in [-0.3, -0.25) is 4.79 Å². The van der Waals surface area contributed by atoms with Crippen LogP contribution in [0.5, 0.6) is 0 Å². The van der Waals surface area contributed by atoms with Crippen molar-refractivity contribution in [3.05, 3.63) is 33.1 Å². The SMILES string of the molecule is CC(CCl)(CCl)NC(=O)c1ccc(F)cc1I. The fourth-order valence-electron chi connectivity index (χ4n) is 1.12. The Balaban J connectivity index is 2.90.